The van der Waals surface area contributed by atoms with Gasteiger partial charge in [-0.2, -0.15) is 0 Å². The second-order valence-corrected chi connectivity index (χ2v) is 7.13. The molecule has 2 rings (SSSR count). The molecule has 21 heavy (non-hydrogen) atoms. The van der Waals surface area contributed by atoms with Crippen molar-refractivity contribution in [2.45, 2.75) is 12.5 Å². The van der Waals surface area contributed by atoms with Crippen molar-refractivity contribution in [1.82, 2.24) is 5.32 Å². The van der Waals surface area contributed by atoms with Gasteiger partial charge in [0.1, 0.15) is 5.75 Å². The second kappa shape index (κ2) is 7.81. The summed E-state index contributed by atoms with van der Waals surface area (Å²) in [7, 11) is 3.64. The molecule has 2 aromatic rings. The lowest BCUT2D eigenvalue weighted by molar-refractivity contribution is 0.412. The van der Waals surface area contributed by atoms with Crippen LogP contribution < -0.4 is 10.1 Å². The second-order valence-electron chi connectivity index (χ2n) is 4.68. The summed E-state index contributed by atoms with van der Waals surface area (Å²) in [6.45, 7) is 0. The lowest BCUT2D eigenvalue weighted by atomic mass is 9.99. The van der Waals surface area contributed by atoms with Gasteiger partial charge in [-0.3, -0.25) is 0 Å². The van der Waals surface area contributed by atoms with Gasteiger partial charge in [0.05, 0.1) is 11.6 Å². The summed E-state index contributed by atoms with van der Waals surface area (Å²) in [5, 5.41) is 4.14. The molecule has 0 saturated carbocycles. The van der Waals surface area contributed by atoms with Gasteiger partial charge in [-0.05, 0) is 93.4 Å². The highest BCUT2D eigenvalue weighted by molar-refractivity contribution is 14.1. The molecule has 1 atom stereocenters. The standard InChI is InChI=1S/C16H16BrClINO/c1-20-15(12-9-11(18)4-5-14(12)19)8-10-3-6-16(21-2)13(17)7-10/h3-7,9,15,20H,8H2,1-2H3. The normalized spacial score (nSPS) is 12.2. The smallest absolute Gasteiger partial charge is 0.133 e. The van der Waals surface area contributed by atoms with Crippen LogP contribution >= 0.6 is 50.1 Å². The molecule has 0 fully saturated rings. The van der Waals surface area contributed by atoms with Gasteiger partial charge < -0.3 is 10.1 Å². The first-order chi connectivity index (χ1) is 10.0. The maximum atomic E-state index is 6.13. The summed E-state index contributed by atoms with van der Waals surface area (Å²) in [6.07, 6.45) is 0.884. The summed E-state index contributed by atoms with van der Waals surface area (Å²) in [5.41, 5.74) is 2.45. The Labute approximate surface area is 152 Å². The Kier molecular flexibility index (Phi) is 6.34. The summed E-state index contributed by atoms with van der Waals surface area (Å²) < 4.78 is 7.45. The minimum absolute atomic E-state index is 0.218. The number of ether oxygens (including phenoxy) is 1. The van der Waals surface area contributed by atoms with Crippen LogP contribution in [-0.4, -0.2) is 14.2 Å². The molecular formula is C16H16BrClINO. The number of likely N-dealkylation sites (N-methyl/N-ethyl adjacent to an activating group) is 1. The van der Waals surface area contributed by atoms with Crippen LogP contribution in [0.1, 0.15) is 17.2 Å². The number of benzene rings is 2. The van der Waals surface area contributed by atoms with Gasteiger partial charge in [-0.25, -0.2) is 0 Å². The van der Waals surface area contributed by atoms with E-state index in [-0.39, 0.29) is 6.04 Å². The van der Waals surface area contributed by atoms with Crippen LogP contribution in [0.2, 0.25) is 5.02 Å². The van der Waals surface area contributed by atoms with E-state index in [0.717, 1.165) is 21.7 Å². The summed E-state index contributed by atoms with van der Waals surface area (Å²) in [5.74, 6) is 0.845. The zero-order valence-corrected chi connectivity index (χ0v) is 16.3. The minimum atomic E-state index is 0.218. The first-order valence-electron chi connectivity index (χ1n) is 6.49. The maximum absolute atomic E-state index is 6.13. The van der Waals surface area contributed by atoms with Gasteiger partial charge in [-0.15, -0.1) is 0 Å². The van der Waals surface area contributed by atoms with Gasteiger partial charge >= 0.3 is 0 Å². The van der Waals surface area contributed by atoms with Gasteiger partial charge in [-0.1, -0.05) is 17.7 Å². The number of rotatable bonds is 5. The Bertz CT molecular complexity index is 636. The van der Waals surface area contributed by atoms with Gasteiger partial charge in [0, 0.05) is 14.6 Å². The summed E-state index contributed by atoms with van der Waals surface area (Å²) in [6, 6.07) is 12.4. The van der Waals surface area contributed by atoms with Crippen LogP contribution in [0.3, 0.4) is 0 Å². The molecule has 0 aliphatic rings. The Balaban J connectivity index is 2.26. The Morgan fingerprint density at radius 1 is 1.29 bits per heavy atom. The van der Waals surface area contributed by atoms with Crippen molar-refractivity contribution in [2.75, 3.05) is 14.2 Å². The summed E-state index contributed by atoms with van der Waals surface area (Å²) in [4.78, 5) is 0. The number of hydrogen-bond acceptors (Lipinski definition) is 2. The fourth-order valence-electron chi connectivity index (χ4n) is 2.22. The van der Waals surface area contributed by atoms with E-state index >= 15 is 0 Å². The maximum Gasteiger partial charge on any atom is 0.133 e. The zero-order chi connectivity index (χ0) is 15.4. The molecule has 0 spiro atoms. The van der Waals surface area contributed by atoms with E-state index < -0.39 is 0 Å². The van der Waals surface area contributed by atoms with Crippen LogP contribution in [0.5, 0.6) is 5.75 Å². The number of methoxy groups -OCH3 is 1. The van der Waals surface area contributed by atoms with E-state index in [1.807, 2.05) is 31.3 Å². The Morgan fingerprint density at radius 3 is 2.67 bits per heavy atom. The molecule has 5 heteroatoms. The minimum Gasteiger partial charge on any atom is -0.496 e. The molecular weight excluding hydrogens is 464 g/mol. The monoisotopic (exact) mass is 479 g/mol. The summed E-state index contributed by atoms with van der Waals surface area (Å²) >= 11 is 12.0. The SMILES string of the molecule is CNC(Cc1ccc(OC)c(Br)c1)c1cc(Cl)ccc1I. The number of hydrogen-bond donors (Lipinski definition) is 1. The average Bonchev–Trinajstić information content (AvgIpc) is 2.47. The highest BCUT2D eigenvalue weighted by Crippen LogP contribution is 2.30. The third kappa shape index (κ3) is 4.34. The van der Waals surface area contributed by atoms with Crippen molar-refractivity contribution in [2.24, 2.45) is 0 Å². The van der Waals surface area contributed by atoms with E-state index in [1.54, 1.807) is 7.11 Å². The molecule has 0 radical (unpaired) electrons. The van der Waals surface area contributed by atoms with Crippen molar-refractivity contribution in [1.29, 1.82) is 0 Å². The molecule has 1 N–H and O–H groups in total. The predicted octanol–water partition coefficient (Wildman–Crippen LogP) is 5.22. The van der Waals surface area contributed by atoms with Crippen molar-refractivity contribution in [3.8, 4) is 5.75 Å². The van der Waals surface area contributed by atoms with Gasteiger partial charge in [0.2, 0.25) is 0 Å². The third-order valence-electron chi connectivity index (χ3n) is 3.34. The van der Waals surface area contributed by atoms with E-state index in [1.165, 1.54) is 14.7 Å². The first kappa shape index (κ1) is 17.1. The fraction of sp³-hybridized carbons (Fsp3) is 0.250. The first-order valence-corrected chi connectivity index (χ1v) is 8.74. The molecule has 0 aliphatic carbocycles. The van der Waals surface area contributed by atoms with Gasteiger partial charge in [0.25, 0.3) is 0 Å². The lowest BCUT2D eigenvalue weighted by Gasteiger charge is -2.19. The molecule has 0 aromatic heterocycles. The zero-order valence-electron chi connectivity index (χ0n) is 11.8. The highest BCUT2D eigenvalue weighted by atomic mass is 127. The van der Waals surface area contributed by atoms with Crippen molar-refractivity contribution in [3.63, 3.8) is 0 Å². The highest BCUT2D eigenvalue weighted by Gasteiger charge is 2.14. The van der Waals surface area contributed by atoms with Crippen LogP contribution in [0.4, 0.5) is 0 Å². The number of halogens is 3. The van der Waals surface area contributed by atoms with E-state index in [9.17, 15) is 0 Å². The number of nitrogens with one attached hydrogen (secondary N) is 1. The van der Waals surface area contributed by atoms with Crippen LogP contribution in [0.15, 0.2) is 40.9 Å². The molecule has 0 heterocycles. The molecule has 0 saturated heterocycles. The molecule has 0 bridgehead atoms. The molecule has 0 amide bonds. The van der Waals surface area contributed by atoms with Crippen molar-refractivity contribution < 1.29 is 4.74 Å². The van der Waals surface area contributed by atoms with Crippen molar-refractivity contribution >= 4 is 50.1 Å². The van der Waals surface area contributed by atoms with Crippen LogP contribution in [0, 0.1) is 3.57 Å². The fourth-order valence-corrected chi connectivity index (χ4v) is 3.70. The Hall–Kier alpha value is -0.300. The van der Waals surface area contributed by atoms with Crippen LogP contribution in [-0.2, 0) is 6.42 Å². The van der Waals surface area contributed by atoms with E-state index in [2.05, 4.69) is 56.0 Å². The Morgan fingerprint density at radius 2 is 2.05 bits per heavy atom. The molecule has 2 nitrogen and oxygen atoms in total. The van der Waals surface area contributed by atoms with Gasteiger partial charge in [0.15, 0.2) is 0 Å². The molecule has 2 aromatic carbocycles. The largest absolute Gasteiger partial charge is 0.496 e. The average molecular weight is 481 g/mol. The molecule has 0 aliphatic heterocycles. The van der Waals surface area contributed by atoms with Crippen molar-refractivity contribution in [3.05, 3.63) is 60.6 Å². The van der Waals surface area contributed by atoms with E-state index in [0.29, 0.717) is 0 Å². The van der Waals surface area contributed by atoms with Crippen LogP contribution in [0.25, 0.3) is 0 Å². The lowest BCUT2D eigenvalue weighted by Crippen LogP contribution is -2.20. The quantitative estimate of drug-likeness (QED) is 0.593. The third-order valence-corrected chi connectivity index (χ3v) is 5.18. The molecule has 1 unspecified atom stereocenters. The predicted molar refractivity (Wildman–Crippen MR) is 100 cm³/mol. The van der Waals surface area contributed by atoms with E-state index in [4.69, 9.17) is 16.3 Å². The molecule has 112 valence electrons. The topological polar surface area (TPSA) is 21.3 Å².